The summed E-state index contributed by atoms with van der Waals surface area (Å²) in [6.07, 6.45) is 0.539. The van der Waals surface area contributed by atoms with Gasteiger partial charge in [0.1, 0.15) is 0 Å². The van der Waals surface area contributed by atoms with Gasteiger partial charge in [0.2, 0.25) is 0 Å². The van der Waals surface area contributed by atoms with Gasteiger partial charge in [-0.1, -0.05) is 42.5 Å². The maximum atomic E-state index is 12.9. The van der Waals surface area contributed by atoms with Crippen LogP contribution in [-0.2, 0) is 16.0 Å². The maximum Gasteiger partial charge on any atom is 0.338 e. The molecule has 0 unspecified atom stereocenters. The number of nitrogens with zero attached hydrogens (tertiary/aromatic N) is 2. The van der Waals surface area contributed by atoms with Gasteiger partial charge in [0.05, 0.1) is 28.7 Å². The van der Waals surface area contributed by atoms with E-state index in [1.807, 2.05) is 30.3 Å². The van der Waals surface area contributed by atoms with Crippen LogP contribution in [0.25, 0.3) is 0 Å². The Labute approximate surface area is 167 Å². The van der Waals surface area contributed by atoms with E-state index in [0.717, 1.165) is 5.56 Å². The number of rotatable bonds is 6. The highest BCUT2D eigenvalue weighted by Gasteiger charge is 2.37. The van der Waals surface area contributed by atoms with Crippen molar-refractivity contribution >= 4 is 17.7 Å². The molecular formula is C21H21N3O5. The summed E-state index contributed by atoms with van der Waals surface area (Å²) in [7, 11) is 1.53. The lowest BCUT2D eigenvalue weighted by atomic mass is 9.94. The molecule has 0 aromatic heterocycles. The van der Waals surface area contributed by atoms with Crippen molar-refractivity contribution in [3.05, 3.63) is 87.1 Å². The first-order valence-corrected chi connectivity index (χ1v) is 9.09. The molecule has 1 atom stereocenters. The van der Waals surface area contributed by atoms with Gasteiger partial charge in [0.15, 0.2) is 0 Å². The summed E-state index contributed by atoms with van der Waals surface area (Å²) in [6.45, 7) is 1.77. The molecule has 0 aliphatic carbocycles. The third-order valence-electron chi connectivity index (χ3n) is 4.89. The van der Waals surface area contributed by atoms with Crippen molar-refractivity contribution < 1.29 is 19.2 Å². The number of carbonyl (C=O) groups excluding carboxylic acids is 2. The van der Waals surface area contributed by atoms with E-state index in [2.05, 4.69) is 5.32 Å². The Morgan fingerprint density at radius 2 is 1.83 bits per heavy atom. The van der Waals surface area contributed by atoms with Crippen molar-refractivity contribution in [1.82, 2.24) is 10.2 Å². The van der Waals surface area contributed by atoms with E-state index < -0.39 is 23.0 Å². The number of esters is 1. The second-order valence-corrected chi connectivity index (χ2v) is 6.63. The van der Waals surface area contributed by atoms with Crippen LogP contribution in [0.5, 0.6) is 0 Å². The van der Waals surface area contributed by atoms with Crippen molar-refractivity contribution in [3.8, 4) is 0 Å². The molecule has 1 N–H and O–H groups in total. The summed E-state index contributed by atoms with van der Waals surface area (Å²) in [5.41, 5.74) is 1.64. The zero-order chi connectivity index (χ0) is 21.0. The topological polar surface area (TPSA) is 102 Å². The molecule has 0 fully saturated rings. The number of nitro benzene ring substituents is 1. The minimum absolute atomic E-state index is 0.154. The van der Waals surface area contributed by atoms with Gasteiger partial charge >= 0.3 is 12.0 Å². The van der Waals surface area contributed by atoms with Gasteiger partial charge in [-0.05, 0) is 18.6 Å². The van der Waals surface area contributed by atoms with Crippen LogP contribution in [-0.4, -0.2) is 35.5 Å². The van der Waals surface area contributed by atoms with E-state index in [4.69, 9.17) is 4.74 Å². The zero-order valence-electron chi connectivity index (χ0n) is 16.1. The van der Waals surface area contributed by atoms with Crippen LogP contribution >= 0.6 is 0 Å². The molecule has 0 saturated heterocycles. The van der Waals surface area contributed by atoms with Crippen molar-refractivity contribution in [1.29, 1.82) is 0 Å². The van der Waals surface area contributed by atoms with Crippen LogP contribution in [0.2, 0.25) is 0 Å². The van der Waals surface area contributed by atoms with Gasteiger partial charge in [-0.2, -0.15) is 0 Å². The molecule has 8 nitrogen and oxygen atoms in total. The van der Waals surface area contributed by atoms with Gasteiger partial charge in [-0.15, -0.1) is 0 Å². The molecule has 150 valence electrons. The van der Waals surface area contributed by atoms with Crippen LogP contribution in [0.15, 0.2) is 65.9 Å². The first kappa shape index (κ1) is 20.1. The molecule has 0 spiro atoms. The molecule has 3 rings (SSSR count). The monoisotopic (exact) mass is 395 g/mol. The molecule has 2 aromatic rings. The molecule has 1 heterocycles. The maximum absolute atomic E-state index is 12.9. The quantitative estimate of drug-likeness (QED) is 0.459. The van der Waals surface area contributed by atoms with Gasteiger partial charge < -0.3 is 15.0 Å². The molecule has 0 saturated carbocycles. The Hall–Kier alpha value is -3.68. The van der Waals surface area contributed by atoms with Gasteiger partial charge in [-0.3, -0.25) is 10.1 Å². The standard InChI is InChI=1S/C21H21N3O5/c1-14-18(20(25)29-13-12-15-8-4-3-5-9-15)19(22-21(26)23(14)2)16-10-6-7-11-17(16)24(27)28/h3-11,19H,12-13H2,1-2H3,(H,22,26)/t19-/m0/s1. The number of allylic oxidation sites excluding steroid dienone is 1. The van der Waals surface area contributed by atoms with E-state index in [9.17, 15) is 19.7 Å². The largest absolute Gasteiger partial charge is 0.462 e. The first-order chi connectivity index (χ1) is 13.9. The summed E-state index contributed by atoms with van der Waals surface area (Å²) in [6, 6.07) is 14.2. The number of nitrogens with one attached hydrogen (secondary N) is 1. The van der Waals surface area contributed by atoms with Crippen LogP contribution in [0, 0.1) is 10.1 Å². The molecular weight excluding hydrogens is 374 g/mol. The number of hydrogen-bond acceptors (Lipinski definition) is 5. The number of nitro groups is 1. The highest BCUT2D eigenvalue weighted by molar-refractivity contribution is 5.95. The lowest BCUT2D eigenvalue weighted by Crippen LogP contribution is -2.46. The van der Waals surface area contributed by atoms with Crippen molar-refractivity contribution in [2.45, 2.75) is 19.4 Å². The minimum atomic E-state index is -0.968. The fourth-order valence-electron chi connectivity index (χ4n) is 3.22. The van der Waals surface area contributed by atoms with Gasteiger partial charge in [0.25, 0.3) is 5.69 Å². The third-order valence-corrected chi connectivity index (χ3v) is 4.89. The van der Waals surface area contributed by atoms with Crippen molar-refractivity contribution in [2.75, 3.05) is 13.7 Å². The highest BCUT2D eigenvalue weighted by Crippen LogP contribution is 2.35. The number of para-hydroxylation sites is 1. The average Bonchev–Trinajstić information content (AvgIpc) is 2.72. The molecule has 1 aliphatic heterocycles. The predicted octanol–water partition coefficient (Wildman–Crippen LogP) is 3.35. The first-order valence-electron chi connectivity index (χ1n) is 9.09. The highest BCUT2D eigenvalue weighted by atomic mass is 16.6. The van der Waals surface area contributed by atoms with Gasteiger partial charge in [-0.25, -0.2) is 9.59 Å². The molecule has 1 aliphatic rings. The Kier molecular flexibility index (Phi) is 5.92. The minimum Gasteiger partial charge on any atom is -0.462 e. The summed E-state index contributed by atoms with van der Waals surface area (Å²) in [4.78, 5) is 37.4. The van der Waals surface area contributed by atoms with E-state index in [-0.39, 0.29) is 23.4 Å². The van der Waals surface area contributed by atoms with Crippen LogP contribution in [0.4, 0.5) is 10.5 Å². The second kappa shape index (κ2) is 8.55. The Morgan fingerprint density at radius 3 is 2.52 bits per heavy atom. The molecule has 2 aromatic carbocycles. The number of urea groups is 1. The van der Waals surface area contributed by atoms with E-state index in [1.165, 1.54) is 30.1 Å². The van der Waals surface area contributed by atoms with E-state index in [1.54, 1.807) is 13.0 Å². The fourth-order valence-corrected chi connectivity index (χ4v) is 3.22. The third kappa shape index (κ3) is 4.26. The second-order valence-electron chi connectivity index (χ2n) is 6.63. The van der Waals surface area contributed by atoms with E-state index >= 15 is 0 Å². The Morgan fingerprint density at radius 1 is 1.17 bits per heavy atom. The summed E-state index contributed by atoms with van der Waals surface area (Å²) < 4.78 is 5.45. The molecule has 8 heteroatoms. The lowest BCUT2D eigenvalue weighted by Gasteiger charge is -2.33. The Bertz CT molecular complexity index is 971. The molecule has 29 heavy (non-hydrogen) atoms. The van der Waals surface area contributed by atoms with E-state index in [0.29, 0.717) is 12.1 Å². The molecule has 0 bridgehead atoms. The fraction of sp³-hybridized carbons (Fsp3) is 0.238. The number of carbonyl (C=O) groups is 2. The van der Waals surface area contributed by atoms with Gasteiger partial charge in [0, 0.05) is 25.2 Å². The summed E-state index contributed by atoms with van der Waals surface area (Å²) in [5, 5.41) is 14.1. The zero-order valence-corrected chi connectivity index (χ0v) is 16.1. The smallest absolute Gasteiger partial charge is 0.338 e. The van der Waals surface area contributed by atoms with Crippen LogP contribution in [0.1, 0.15) is 24.1 Å². The normalized spacial score (nSPS) is 16.4. The average molecular weight is 395 g/mol. The molecule has 0 radical (unpaired) electrons. The number of ether oxygens (including phenoxy) is 1. The van der Waals surface area contributed by atoms with Crippen molar-refractivity contribution in [2.24, 2.45) is 0 Å². The predicted molar refractivity (Wildman–Crippen MR) is 106 cm³/mol. The summed E-state index contributed by atoms with van der Waals surface area (Å²) >= 11 is 0. The number of amides is 2. The SMILES string of the molecule is CC1=C(C(=O)OCCc2ccccc2)[C@H](c2ccccc2[N+](=O)[O-])NC(=O)N1C. The lowest BCUT2D eigenvalue weighted by molar-refractivity contribution is -0.385. The Balaban J connectivity index is 1.89. The van der Waals surface area contributed by atoms with Crippen LogP contribution in [0.3, 0.4) is 0 Å². The van der Waals surface area contributed by atoms with Crippen molar-refractivity contribution in [3.63, 3.8) is 0 Å². The summed E-state index contributed by atoms with van der Waals surface area (Å²) in [5.74, 6) is -0.617. The number of hydrogen-bond donors (Lipinski definition) is 1. The molecule has 2 amide bonds. The van der Waals surface area contributed by atoms with Crippen LogP contribution < -0.4 is 5.32 Å². The number of benzene rings is 2.